The first-order chi connectivity index (χ1) is 19.7. The number of hydrogen-bond acceptors (Lipinski definition) is 4. The zero-order valence-corrected chi connectivity index (χ0v) is 25.2. The van der Waals surface area contributed by atoms with Crippen molar-refractivity contribution in [3.05, 3.63) is 95.0 Å². The Morgan fingerprint density at radius 2 is 1.56 bits per heavy atom. The fourth-order valence-corrected chi connectivity index (χ4v) is 6.74. The van der Waals surface area contributed by atoms with Gasteiger partial charge in [0.25, 0.3) is 10.0 Å². The van der Waals surface area contributed by atoms with Crippen LogP contribution in [0.15, 0.2) is 83.8 Å². The largest absolute Gasteiger partial charge is 0.352 e. The highest BCUT2D eigenvalue weighted by Crippen LogP contribution is 2.26. The van der Waals surface area contributed by atoms with Crippen LogP contribution in [-0.4, -0.2) is 43.8 Å². The highest BCUT2D eigenvalue weighted by Gasteiger charge is 2.33. The Labute approximate surface area is 248 Å². The first-order valence-electron chi connectivity index (χ1n) is 14.2. The van der Waals surface area contributed by atoms with Crippen molar-refractivity contribution in [3.8, 4) is 0 Å². The molecule has 9 heteroatoms. The van der Waals surface area contributed by atoms with Crippen molar-refractivity contribution in [1.29, 1.82) is 0 Å². The zero-order chi connectivity index (χ0) is 29.4. The van der Waals surface area contributed by atoms with Crippen molar-refractivity contribution in [1.82, 2.24) is 10.2 Å². The molecule has 1 fully saturated rings. The lowest BCUT2D eigenvalue weighted by atomic mass is 9.95. The van der Waals surface area contributed by atoms with Gasteiger partial charge in [0.1, 0.15) is 12.6 Å². The summed E-state index contributed by atoms with van der Waals surface area (Å²) in [6.07, 6.45) is 5.89. The van der Waals surface area contributed by atoms with Crippen molar-refractivity contribution in [2.24, 2.45) is 0 Å². The first kappa shape index (κ1) is 30.6. The third-order valence-corrected chi connectivity index (χ3v) is 9.82. The number of amides is 2. The molecular weight excluding hydrogens is 558 g/mol. The number of benzene rings is 3. The summed E-state index contributed by atoms with van der Waals surface area (Å²) in [5, 5.41) is 3.58. The molecule has 1 aliphatic rings. The van der Waals surface area contributed by atoms with Gasteiger partial charge in [-0.15, -0.1) is 0 Å². The number of anilines is 1. The van der Waals surface area contributed by atoms with Crippen LogP contribution in [0.4, 0.5) is 5.69 Å². The predicted molar refractivity (Wildman–Crippen MR) is 163 cm³/mol. The van der Waals surface area contributed by atoms with Gasteiger partial charge in [0.05, 0.1) is 10.6 Å². The second kappa shape index (κ2) is 14.0. The van der Waals surface area contributed by atoms with E-state index in [-0.39, 0.29) is 23.4 Å². The number of carbonyl (C=O) groups excluding carboxylic acids is 2. The quantitative estimate of drug-likeness (QED) is 0.296. The number of hydrogen-bond donors (Lipinski definition) is 1. The molecule has 3 aromatic carbocycles. The molecule has 1 aliphatic carbocycles. The Hall–Kier alpha value is -3.36. The molecule has 0 spiro atoms. The number of halogens is 1. The number of nitrogens with one attached hydrogen (secondary N) is 1. The van der Waals surface area contributed by atoms with Crippen molar-refractivity contribution < 1.29 is 18.0 Å². The summed E-state index contributed by atoms with van der Waals surface area (Å²) in [4.78, 5) is 29.0. The molecule has 4 rings (SSSR count). The van der Waals surface area contributed by atoms with Crippen molar-refractivity contribution in [2.45, 2.75) is 75.9 Å². The van der Waals surface area contributed by atoms with E-state index in [9.17, 15) is 18.0 Å². The van der Waals surface area contributed by atoms with Gasteiger partial charge in [-0.1, -0.05) is 86.3 Å². The first-order valence-corrected chi connectivity index (χ1v) is 16.0. The third-order valence-electron chi connectivity index (χ3n) is 7.66. The summed E-state index contributed by atoms with van der Waals surface area (Å²) in [6, 6.07) is 21.6. The fraction of sp³-hybridized carbons (Fsp3) is 0.375. The number of sulfonamides is 1. The molecule has 0 unspecified atom stereocenters. The lowest BCUT2D eigenvalue weighted by Crippen LogP contribution is -2.53. The molecule has 7 nitrogen and oxygen atoms in total. The Kier molecular flexibility index (Phi) is 10.5. The number of rotatable bonds is 11. The Morgan fingerprint density at radius 3 is 2.20 bits per heavy atom. The molecule has 0 aliphatic heterocycles. The Morgan fingerprint density at radius 1 is 0.927 bits per heavy atom. The molecule has 0 heterocycles. The smallest absolute Gasteiger partial charge is 0.264 e. The maximum absolute atomic E-state index is 14.1. The van der Waals surface area contributed by atoms with E-state index < -0.39 is 28.5 Å². The summed E-state index contributed by atoms with van der Waals surface area (Å²) in [5.74, 6) is -0.766. The zero-order valence-electron chi connectivity index (χ0n) is 23.6. The van der Waals surface area contributed by atoms with Crippen LogP contribution >= 0.6 is 11.6 Å². The van der Waals surface area contributed by atoms with Gasteiger partial charge in [0, 0.05) is 17.6 Å². The molecule has 218 valence electrons. The molecule has 3 aromatic rings. The summed E-state index contributed by atoms with van der Waals surface area (Å²) >= 11 is 6.45. The van der Waals surface area contributed by atoms with Crippen LogP contribution < -0.4 is 9.62 Å². The standard InChI is InChI=1S/C32H38ClN3O4S/c1-3-25-18-20-28(21-19-25)36(41(39,40)29-15-8-5-9-16-29)23-31(37)35(22-26-12-10-11-17-30(26)33)24(2)32(38)34-27-13-6-4-7-14-27/h5,8-12,15-21,24,27H,3-4,6-7,13-14,22-23H2,1-2H3,(H,34,38)/t24-/m1/s1. The molecule has 2 amide bonds. The molecular formula is C32H38ClN3O4S. The van der Waals surface area contributed by atoms with E-state index in [1.807, 2.05) is 25.1 Å². The molecule has 0 bridgehead atoms. The Bertz CT molecular complexity index is 1420. The molecule has 0 aromatic heterocycles. The van der Waals surface area contributed by atoms with Crippen LogP contribution in [0.3, 0.4) is 0 Å². The molecule has 1 N–H and O–H groups in total. The molecule has 41 heavy (non-hydrogen) atoms. The summed E-state index contributed by atoms with van der Waals surface area (Å²) in [5.41, 5.74) is 2.09. The van der Waals surface area contributed by atoms with Gasteiger partial charge in [-0.2, -0.15) is 0 Å². The van der Waals surface area contributed by atoms with E-state index in [2.05, 4.69) is 5.32 Å². The normalized spacial score (nSPS) is 14.7. The number of carbonyl (C=O) groups is 2. The highest BCUT2D eigenvalue weighted by molar-refractivity contribution is 7.92. The summed E-state index contributed by atoms with van der Waals surface area (Å²) in [6.45, 7) is 3.28. The Balaban J connectivity index is 1.67. The lowest BCUT2D eigenvalue weighted by molar-refractivity contribution is -0.139. The van der Waals surface area contributed by atoms with Crippen LogP contribution in [-0.2, 0) is 32.6 Å². The van der Waals surface area contributed by atoms with Crippen molar-refractivity contribution in [2.75, 3.05) is 10.8 Å². The minimum Gasteiger partial charge on any atom is -0.352 e. The van der Waals surface area contributed by atoms with Gasteiger partial charge in [0.15, 0.2) is 0 Å². The predicted octanol–water partition coefficient (Wildman–Crippen LogP) is 5.96. The van der Waals surface area contributed by atoms with E-state index in [0.29, 0.717) is 16.3 Å². The average molecular weight is 596 g/mol. The SMILES string of the molecule is CCc1ccc(N(CC(=O)N(Cc2ccccc2Cl)[C@H](C)C(=O)NC2CCCCC2)S(=O)(=O)c2ccccc2)cc1. The summed E-state index contributed by atoms with van der Waals surface area (Å²) < 4.78 is 28.9. The van der Waals surface area contributed by atoms with Crippen molar-refractivity contribution in [3.63, 3.8) is 0 Å². The van der Waals surface area contributed by atoms with E-state index >= 15 is 0 Å². The van der Waals surface area contributed by atoms with Gasteiger partial charge in [-0.05, 0) is 67.6 Å². The van der Waals surface area contributed by atoms with Crippen LogP contribution in [0, 0.1) is 0 Å². The monoisotopic (exact) mass is 595 g/mol. The van der Waals surface area contributed by atoms with Gasteiger partial charge < -0.3 is 10.2 Å². The summed E-state index contributed by atoms with van der Waals surface area (Å²) in [7, 11) is -4.09. The van der Waals surface area contributed by atoms with Gasteiger partial charge in [0.2, 0.25) is 11.8 Å². The maximum Gasteiger partial charge on any atom is 0.264 e. The highest BCUT2D eigenvalue weighted by atomic mass is 35.5. The third kappa shape index (κ3) is 7.68. The van der Waals surface area contributed by atoms with Crippen LogP contribution in [0.1, 0.15) is 57.1 Å². The van der Waals surface area contributed by atoms with Crippen LogP contribution in [0.25, 0.3) is 0 Å². The number of aryl methyl sites for hydroxylation is 1. The van der Waals surface area contributed by atoms with E-state index in [4.69, 9.17) is 11.6 Å². The molecule has 1 atom stereocenters. The number of nitrogens with zero attached hydrogens (tertiary/aromatic N) is 2. The van der Waals surface area contributed by atoms with E-state index in [0.717, 1.165) is 48.4 Å². The average Bonchev–Trinajstić information content (AvgIpc) is 3.00. The van der Waals surface area contributed by atoms with Crippen molar-refractivity contribution >= 4 is 39.1 Å². The van der Waals surface area contributed by atoms with Gasteiger partial charge in [-0.25, -0.2) is 8.42 Å². The minimum absolute atomic E-state index is 0.0613. The van der Waals surface area contributed by atoms with E-state index in [1.54, 1.807) is 55.5 Å². The topological polar surface area (TPSA) is 86.8 Å². The molecule has 0 radical (unpaired) electrons. The molecule has 1 saturated carbocycles. The van der Waals surface area contributed by atoms with Crippen LogP contribution in [0.5, 0.6) is 0 Å². The second-order valence-corrected chi connectivity index (χ2v) is 12.7. The van der Waals surface area contributed by atoms with E-state index in [1.165, 1.54) is 17.0 Å². The fourth-order valence-electron chi connectivity index (χ4n) is 5.11. The van der Waals surface area contributed by atoms with Gasteiger partial charge in [-0.3, -0.25) is 13.9 Å². The lowest BCUT2D eigenvalue weighted by Gasteiger charge is -2.33. The maximum atomic E-state index is 14.1. The minimum atomic E-state index is -4.09. The second-order valence-electron chi connectivity index (χ2n) is 10.5. The van der Waals surface area contributed by atoms with Crippen LogP contribution in [0.2, 0.25) is 5.02 Å². The molecule has 0 saturated heterocycles. The van der Waals surface area contributed by atoms with Gasteiger partial charge >= 0.3 is 0 Å².